The Hall–Kier alpha value is -4.90. The Balaban J connectivity index is 1.59. The molecule has 2 amide bonds. The largest absolute Gasteiger partial charge is 0.465 e. The van der Waals surface area contributed by atoms with Crippen LogP contribution in [0.15, 0.2) is 79.1 Å². The van der Waals surface area contributed by atoms with Gasteiger partial charge in [-0.1, -0.05) is 41.9 Å². The van der Waals surface area contributed by atoms with E-state index in [9.17, 15) is 18.8 Å². The average molecular weight is 549 g/mol. The predicted molar refractivity (Wildman–Crippen MR) is 142 cm³/mol. The Kier molecular flexibility index (Phi) is 8.42. The molecule has 0 unspecified atom stereocenters. The lowest BCUT2D eigenvalue weighted by Crippen LogP contribution is -2.41. The number of anilines is 1. The van der Waals surface area contributed by atoms with Crippen molar-refractivity contribution < 1.29 is 23.5 Å². The van der Waals surface area contributed by atoms with Crippen LogP contribution in [0.2, 0.25) is 5.02 Å². The van der Waals surface area contributed by atoms with Crippen LogP contribution in [0.5, 0.6) is 0 Å². The van der Waals surface area contributed by atoms with Crippen LogP contribution in [0, 0.1) is 5.82 Å². The number of hydrogen-bond acceptors (Lipinski definition) is 7. The molecule has 1 atom stereocenters. The van der Waals surface area contributed by atoms with Gasteiger partial charge >= 0.3 is 5.97 Å². The zero-order valence-electron chi connectivity index (χ0n) is 20.8. The first kappa shape index (κ1) is 27.1. The van der Waals surface area contributed by atoms with Crippen molar-refractivity contribution in [2.75, 3.05) is 19.1 Å². The van der Waals surface area contributed by atoms with Gasteiger partial charge in [0.15, 0.2) is 5.82 Å². The molecule has 4 rings (SSSR count). The number of carbonyl (C=O) groups excluding carboxylic acids is 3. The molecule has 12 heteroatoms. The number of likely N-dealkylation sites (N-methyl/N-ethyl adjacent to an activating group) is 1. The second kappa shape index (κ2) is 12.1. The molecule has 0 aliphatic heterocycles. The first-order chi connectivity index (χ1) is 18.8. The molecule has 0 aliphatic carbocycles. The zero-order valence-corrected chi connectivity index (χ0v) is 21.5. The topological polar surface area (TPSA) is 119 Å². The Morgan fingerprint density at radius 1 is 1.08 bits per heavy atom. The third-order valence-electron chi connectivity index (χ3n) is 5.78. The molecule has 0 aliphatic rings. The predicted octanol–water partition coefficient (Wildman–Crippen LogP) is 3.78. The Morgan fingerprint density at radius 3 is 2.44 bits per heavy atom. The Morgan fingerprint density at radius 2 is 1.79 bits per heavy atom. The molecule has 39 heavy (non-hydrogen) atoms. The maximum atomic E-state index is 14.9. The van der Waals surface area contributed by atoms with Gasteiger partial charge in [-0.3, -0.25) is 9.59 Å². The molecule has 0 saturated heterocycles. The molecule has 10 nitrogen and oxygen atoms in total. The number of carbonyl (C=O) groups is 3. The van der Waals surface area contributed by atoms with Crippen molar-refractivity contribution in [3.63, 3.8) is 0 Å². The van der Waals surface area contributed by atoms with Gasteiger partial charge in [0.1, 0.15) is 12.4 Å². The average Bonchev–Trinajstić information content (AvgIpc) is 3.51. The number of hydrogen-bond donors (Lipinski definition) is 1. The highest BCUT2D eigenvalue weighted by molar-refractivity contribution is 6.31. The molecular formula is C27H22ClFN6O4. The van der Waals surface area contributed by atoms with Gasteiger partial charge in [-0.05, 0) is 58.5 Å². The lowest BCUT2D eigenvalue weighted by Gasteiger charge is -2.25. The molecule has 4 aromatic rings. The van der Waals surface area contributed by atoms with E-state index in [1.54, 1.807) is 49.5 Å². The zero-order chi connectivity index (χ0) is 27.9. The molecule has 198 valence electrons. The van der Waals surface area contributed by atoms with Crippen molar-refractivity contribution in [3.05, 3.63) is 107 Å². The number of rotatable bonds is 8. The number of methoxy groups -OCH3 is 1. The van der Waals surface area contributed by atoms with Gasteiger partial charge in [-0.25, -0.2) is 9.18 Å². The fourth-order valence-corrected chi connectivity index (χ4v) is 3.89. The van der Waals surface area contributed by atoms with Crippen LogP contribution in [0.25, 0.3) is 11.8 Å². The maximum absolute atomic E-state index is 14.9. The minimum atomic E-state index is -1.07. The number of amides is 2. The van der Waals surface area contributed by atoms with Crippen LogP contribution in [0.4, 0.5) is 10.1 Å². The van der Waals surface area contributed by atoms with Gasteiger partial charge in [0.2, 0.25) is 5.91 Å². The summed E-state index contributed by atoms with van der Waals surface area (Å²) in [6.45, 7) is 0. The van der Waals surface area contributed by atoms with E-state index in [1.165, 1.54) is 53.4 Å². The van der Waals surface area contributed by atoms with Crippen LogP contribution in [0.1, 0.15) is 27.5 Å². The van der Waals surface area contributed by atoms with E-state index in [2.05, 4.69) is 20.8 Å². The number of esters is 1. The van der Waals surface area contributed by atoms with Gasteiger partial charge in [0.05, 0.1) is 23.4 Å². The second-order valence-corrected chi connectivity index (χ2v) is 8.58. The lowest BCUT2D eigenvalue weighted by atomic mass is 10.0. The number of nitrogens with zero attached hydrogens (tertiary/aromatic N) is 5. The van der Waals surface area contributed by atoms with Crippen molar-refractivity contribution in [3.8, 4) is 5.69 Å². The molecule has 0 fully saturated rings. The quantitative estimate of drug-likeness (QED) is 0.263. The number of benzene rings is 3. The van der Waals surface area contributed by atoms with Crippen molar-refractivity contribution in [2.45, 2.75) is 6.04 Å². The minimum Gasteiger partial charge on any atom is -0.465 e. The van der Waals surface area contributed by atoms with Crippen molar-refractivity contribution >= 4 is 41.1 Å². The molecule has 3 aromatic carbocycles. The third-order valence-corrected chi connectivity index (χ3v) is 6.07. The van der Waals surface area contributed by atoms with Crippen molar-refractivity contribution in [1.82, 2.24) is 25.5 Å². The second-order valence-electron chi connectivity index (χ2n) is 8.17. The van der Waals surface area contributed by atoms with E-state index >= 15 is 0 Å². The van der Waals surface area contributed by atoms with Gasteiger partial charge in [-0.2, -0.15) is 4.68 Å². The summed E-state index contributed by atoms with van der Waals surface area (Å²) in [5.74, 6) is -2.37. The summed E-state index contributed by atoms with van der Waals surface area (Å²) in [4.78, 5) is 39.6. The summed E-state index contributed by atoms with van der Waals surface area (Å²) < 4.78 is 20.8. The van der Waals surface area contributed by atoms with Crippen LogP contribution < -0.4 is 10.2 Å². The van der Waals surface area contributed by atoms with Gasteiger partial charge in [-0.15, -0.1) is 5.10 Å². The standard InChI is InChI=1S/C27H22ClFN6O4/c1-34(19-10-8-18(9-11-19)27(38)39-2)26(37)25(17-6-4-3-5-7-17)31-23(36)15-12-20-22(35-16-30-32-33-35)14-13-21(28)24(20)29/h3-16,25H,1-2H3,(H,31,36)/b15-12+/t25-/m0/s1. The van der Waals surface area contributed by atoms with Gasteiger partial charge in [0, 0.05) is 24.4 Å². The van der Waals surface area contributed by atoms with Gasteiger partial charge in [0.25, 0.3) is 5.91 Å². The first-order valence-electron chi connectivity index (χ1n) is 11.5. The summed E-state index contributed by atoms with van der Waals surface area (Å²) in [6.07, 6.45) is 3.60. The molecule has 1 aromatic heterocycles. The van der Waals surface area contributed by atoms with Crippen LogP contribution >= 0.6 is 11.6 Å². The van der Waals surface area contributed by atoms with E-state index in [0.717, 1.165) is 6.08 Å². The number of nitrogens with one attached hydrogen (secondary N) is 1. The van der Waals surface area contributed by atoms with Crippen LogP contribution in [-0.2, 0) is 14.3 Å². The van der Waals surface area contributed by atoms with E-state index in [4.69, 9.17) is 16.3 Å². The molecule has 0 saturated carbocycles. The Labute approximate surface area is 227 Å². The fourth-order valence-electron chi connectivity index (χ4n) is 3.73. The van der Waals surface area contributed by atoms with Crippen LogP contribution in [-0.4, -0.2) is 52.1 Å². The smallest absolute Gasteiger partial charge is 0.337 e. The number of halogens is 2. The summed E-state index contributed by atoms with van der Waals surface area (Å²) >= 11 is 5.95. The maximum Gasteiger partial charge on any atom is 0.337 e. The van der Waals surface area contributed by atoms with Crippen molar-refractivity contribution in [1.29, 1.82) is 0 Å². The highest BCUT2D eigenvalue weighted by Gasteiger charge is 2.26. The molecular weight excluding hydrogens is 527 g/mol. The molecule has 0 spiro atoms. The number of ether oxygens (including phenoxy) is 1. The number of tetrazole rings is 1. The summed E-state index contributed by atoms with van der Waals surface area (Å²) in [7, 11) is 2.83. The van der Waals surface area contributed by atoms with E-state index in [-0.39, 0.29) is 16.3 Å². The fraction of sp³-hybridized carbons (Fsp3) is 0.111. The monoisotopic (exact) mass is 548 g/mol. The van der Waals surface area contributed by atoms with Crippen LogP contribution in [0.3, 0.4) is 0 Å². The normalized spacial score (nSPS) is 11.7. The first-order valence-corrected chi connectivity index (χ1v) is 11.9. The highest BCUT2D eigenvalue weighted by Crippen LogP contribution is 2.26. The molecule has 1 heterocycles. The summed E-state index contributed by atoms with van der Waals surface area (Å²) in [6, 6.07) is 16.7. The lowest BCUT2D eigenvalue weighted by molar-refractivity contribution is -0.125. The third kappa shape index (κ3) is 6.16. The van der Waals surface area contributed by atoms with E-state index in [0.29, 0.717) is 16.8 Å². The summed E-state index contributed by atoms with van der Waals surface area (Å²) in [5.41, 5.74) is 1.60. The molecule has 0 bridgehead atoms. The highest BCUT2D eigenvalue weighted by atomic mass is 35.5. The molecule has 1 N–H and O–H groups in total. The van der Waals surface area contributed by atoms with E-state index < -0.39 is 29.6 Å². The minimum absolute atomic E-state index is 0.0182. The SMILES string of the molecule is COC(=O)c1ccc(N(C)C(=O)[C@@H](NC(=O)/C=C/c2c(-n3cnnn3)ccc(Cl)c2F)c2ccccc2)cc1. The number of aromatic nitrogens is 4. The molecule has 0 radical (unpaired) electrons. The Bertz CT molecular complexity index is 1510. The van der Waals surface area contributed by atoms with Gasteiger partial charge < -0.3 is 15.0 Å². The van der Waals surface area contributed by atoms with Crippen molar-refractivity contribution in [2.24, 2.45) is 0 Å². The summed E-state index contributed by atoms with van der Waals surface area (Å²) in [5, 5.41) is 13.4. The van der Waals surface area contributed by atoms with E-state index in [1.807, 2.05) is 0 Å².